The highest BCUT2D eigenvalue weighted by atomic mass is 35.5. The van der Waals surface area contributed by atoms with E-state index in [1.54, 1.807) is 4.90 Å². The second kappa shape index (κ2) is 6.63. The molecule has 1 fully saturated rings. The zero-order valence-corrected chi connectivity index (χ0v) is 14.2. The van der Waals surface area contributed by atoms with Crippen molar-refractivity contribution < 1.29 is 19.8 Å². The van der Waals surface area contributed by atoms with Crippen LogP contribution in [0.2, 0.25) is 10.0 Å². The van der Waals surface area contributed by atoms with Crippen molar-refractivity contribution in [2.75, 3.05) is 26.2 Å². The normalized spacial score (nSPS) is 20.7. The van der Waals surface area contributed by atoms with Crippen LogP contribution in [-0.2, 0) is 9.59 Å². The van der Waals surface area contributed by atoms with Gasteiger partial charge in [-0.15, -0.1) is 0 Å². The Hall–Kier alpha value is -1.76. The standard InChI is InChI=1S/C16H16Cl2N2O4/c17-11-1-2-12(22)15(16(11)18)9-5-10-3-4-19(14(24)8-21)7-13(23)20(10)6-9/h1-2,5,9,21-22H,3-4,6-8H2/t9-/m0/s1. The summed E-state index contributed by atoms with van der Waals surface area (Å²) >= 11 is 12.3. The maximum absolute atomic E-state index is 12.4. The number of phenolic OH excluding ortho intramolecular Hbond substituents is 1. The molecule has 2 aliphatic rings. The molecule has 0 aliphatic carbocycles. The van der Waals surface area contributed by atoms with Crippen LogP contribution in [-0.4, -0.2) is 58.1 Å². The highest BCUT2D eigenvalue weighted by Gasteiger charge is 2.35. The van der Waals surface area contributed by atoms with Gasteiger partial charge in [-0.2, -0.15) is 0 Å². The number of fused-ring (bicyclic) bond motifs is 1. The summed E-state index contributed by atoms with van der Waals surface area (Å²) in [5.41, 5.74) is 1.29. The molecule has 0 unspecified atom stereocenters. The lowest BCUT2D eigenvalue weighted by molar-refractivity contribution is -0.139. The van der Waals surface area contributed by atoms with Crippen molar-refractivity contribution >= 4 is 35.0 Å². The fourth-order valence-corrected chi connectivity index (χ4v) is 3.61. The van der Waals surface area contributed by atoms with Gasteiger partial charge in [-0.25, -0.2) is 0 Å². The molecule has 24 heavy (non-hydrogen) atoms. The minimum atomic E-state index is -0.610. The maximum atomic E-state index is 12.4. The Morgan fingerprint density at radius 1 is 1.33 bits per heavy atom. The van der Waals surface area contributed by atoms with Gasteiger partial charge >= 0.3 is 0 Å². The number of amides is 2. The van der Waals surface area contributed by atoms with E-state index in [9.17, 15) is 14.7 Å². The predicted octanol–water partition coefficient (Wildman–Crippen LogP) is 1.73. The van der Waals surface area contributed by atoms with Gasteiger partial charge in [0.05, 0.1) is 10.0 Å². The molecular formula is C16H16Cl2N2O4. The molecule has 2 amide bonds. The molecule has 1 aromatic rings. The van der Waals surface area contributed by atoms with E-state index in [1.807, 2.05) is 6.08 Å². The average molecular weight is 371 g/mol. The van der Waals surface area contributed by atoms with E-state index in [1.165, 1.54) is 17.0 Å². The second-order valence-corrected chi connectivity index (χ2v) is 6.57. The fourth-order valence-electron chi connectivity index (χ4n) is 3.14. The van der Waals surface area contributed by atoms with Gasteiger partial charge in [0.2, 0.25) is 11.8 Å². The Bertz CT molecular complexity index is 735. The van der Waals surface area contributed by atoms with E-state index in [0.717, 1.165) is 5.70 Å². The third-order valence-electron chi connectivity index (χ3n) is 4.35. The smallest absolute Gasteiger partial charge is 0.248 e. The van der Waals surface area contributed by atoms with Gasteiger partial charge in [-0.05, 0) is 12.1 Å². The van der Waals surface area contributed by atoms with E-state index in [2.05, 4.69) is 0 Å². The van der Waals surface area contributed by atoms with Crippen molar-refractivity contribution in [1.82, 2.24) is 9.80 Å². The number of aliphatic hydroxyl groups excluding tert-OH is 1. The lowest BCUT2D eigenvalue weighted by Gasteiger charge is -2.21. The van der Waals surface area contributed by atoms with Crippen LogP contribution in [0, 0.1) is 0 Å². The molecule has 1 atom stereocenters. The van der Waals surface area contributed by atoms with Crippen LogP contribution >= 0.6 is 23.2 Å². The van der Waals surface area contributed by atoms with Gasteiger partial charge in [0.1, 0.15) is 18.9 Å². The van der Waals surface area contributed by atoms with Gasteiger partial charge in [0, 0.05) is 36.7 Å². The van der Waals surface area contributed by atoms with E-state index in [-0.39, 0.29) is 29.1 Å². The molecule has 1 aromatic carbocycles. The molecule has 1 saturated heterocycles. The number of hydrogen-bond acceptors (Lipinski definition) is 4. The number of aliphatic hydroxyl groups is 1. The van der Waals surface area contributed by atoms with Gasteiger partial charge in [0.25, 0.3) is 0 Å². The first kappa shape index (κ1) is 17.1. The Labute approximate surface area is 148 Å². The molecule has 128 valence electrons. The molecule has 0 bridgehead atoms. The van der Waals surface area contributed by atoms with E-state index >= 15 is 0 Å². The van der Waals surface area contributed by atoms with Crippen LogP contribution in [0.15, 0.2) is 23.9 Å². The number of hydrogen-bond donors (Lipinski definition) is 2. The molecule has 0 radical (unpaired) electrons. The number of halogens is 2. The zero-order valence-electron chi connectivity index (χ0n) is 12.7. The third kappa shape index (κ3) is 2.97. The van der Waals surface area contributed by atoms with Crippen molar-refractivity contribution in [2.45, 2.75) is 12.3 Å². The summed E-state index contributed by atoms with van der Waals surface area (Å²) < 4.78 is 0. The van der Waals surface area contributed by atoms with Crippen LogP contribution in [0.4, 0.5) is 0 Å². The molecule has 2 N–H and O–H groups in total. The Morgan fingerprint density at radius 3 is 2.79 bits per heavy atom. The van der Waals surface area contributed by atoms with Gasteiger partial charge in [-0.1, -0.05) is 29.3 Å². The van der Waals surface area contributed by atoms with Crippen LogP contribution in [0.5, 0.6) is 5.75 Å². The Morgan fingerprint density at radius 2 is 2.08 bits per heavy atom. The summed E-state index contributed by atoms with van der Waals surface area (Å²) in [6.45, 7) is 0.0120. The van der Waals surface area contributed by atoms with Crippen molar-refractivity contribution in [3.05, 3.63) is 39.5 Å². The molecule has 0 saturated carbocycles. The monoisotopic (exact) mass is 370 g/mol. The number of rotatable bonds is 2. The van der Waals surface area contributed by atoms with Crippen molar-refractivity contribution in [1.29, 1.82) is 0 Å². The largest absolute Gasteiger partial charge is 0.508 e. The van der Waals surface area contributed by atoms with Crippen molar-refractivity contribution in [2.24, 2.45) is 0 Å². The number of benzene rings is 1. The number of carbonyl (C=O) groups is 2. The average Bonchev–Trinajstić information content (AvgIpc) is 2.91. The molecule has 0 spiro atoms. The topological polar surface area (TPSA) is 81.1 Å². The molecule has 3 rings (SSSR count). The minimum absolute atomic E-state index is 0.0356. The highest BCUT2D eigenvalue weighted by molar-refractivity contribution is 6.42. The molecule has 2 aliphatic heterocycles. The summed E-state index contributed by atoms with van der Waals surface area (Å²) in [5.74, 6) is -0.901. The summed E-state index contributed by atoms with van der Waals surface area (Å²) in [4.78, 5) is 27.0. The molecular weight excluding hydrogens is 355 g/mol. The van der Waals surface area contributed by atoms with Crippen LogP contribution in [0.1, 0.15) is 17.9 Å². The summed E-state index contributed by atoms with van der Waals surface area (Å²) in [6.07, 6.45) is 2.37. The third-order valence-corrected chi connectivity index (χ3v) is 5.17. The van der Waals surface area contributed by atoms with Crippen LogP contribution < -0.4 is 0 Å². The van der Waals surface area contributed by atoms with E-state index in [0.29, 0.717) is 30.1 Å². The van der Waals surface area contributed by atoms with Gasteiger partial charge < -0.3 is 20.0 Å². The van der Waals surface area contributed by atoms with Crippen LogP contribution in [0.25, 0.3) is 0 Å². The van der Waals surface area contributed by atoms with Crippen molar-refractivity contribution in [3.8, 4) is 5.75 Å². The summed E-state index contributed by atoms with van der Waals surface area (Å²) in [6, 6.07) is 3.00. The summed E-state index contributed by atoms with van der Waals surface area (Å²) in [5, 5.41) is 19.7. The van der Waals surface area contributed by atoms with E-state index < -0.39 is 12.5 Å². The molecule has 8 heteroatoms. The Balaban J connectivity index is 1.88. The molecule has 6 nitrogen and oxygen atoms in total. The first-order valence-electron chi connectivity index (χ1n) is 7.49. The second-order valence-electron chi connectivity index (χ2n) is 5.79. The fraction of sp³-hybridized carbons (Fsp3) is 0.375. The van der Waals surface area contributed by atoms with Gasteiger partial charge in [-0.3, -0.25) is 9.59 Å². The minimum Gasteiger partial charge on any atom is -0.508 e. The van der Waals surface area contributed by atoms with Crippen molar-refractivity contribution in [3.63, 3.8) is 0 Å². The lowest BCUT2D eigenvalue weighted by atomic mass is 9.98. The number of carbonyl (C=O) groups excluding carboxylic acids is 2. The maximum Gasteiger partial charge on any atom is 0.248 e. The number of aromatic hydroxyl groups is 1. The van der Waals surface area contributed by atoms with E-state index in [4.69, 9.17) is 28.3 Å². The highest BCUT2D eigenvalue weighted by Crippen LogP contribution is 2.42. The molecule has 2 heterocycles. The summed E-state index contributed by atoms with van der Waals surface area (Å²) in [7, 11) is 0. The molecule has 0 aromatic heterocycles. The number of phenols is 1. The zero-order chi connectivity index (χ0) is 17.4. The predicted molar refractivity (Wildman–Crippen MR) is 88.9 cm³/mol. The number of nitrogens with zero attached hydrogens (tertiary/aromatic N) is 2. The van der Waals surface area contributed by atoms with Crippen LogP contribution in [0.3, 0.4) is 0 Å². The first-order chi connectivity index (χ1) is 11.4. The quantitative estimate of drug-likeness (QED) is 0.830. The lowest BCUT2D eigenvalue weighted by Crippen LogP contribution is -2.40. The Kier molecular flexibility index (Phi) is 4.71. The van der Waals surface area contributed by atoms with Gasteiger partial charge in [0.15, 0.2) is 0 Å². The first-order valence-corrected chi connectivity index (χ1v) is 8.24. The SMILES string of the molecule is O=C(CO)N1CCC2=C[C@H](c3c(O)ccc(Cl)c3Cl)CN2C(=O)C1.